The third kappa shape index (κ3) is 1.10. The van der Waals surface area contributed by atoms with Crippen molar-refractivity contribution in [3.8, 4) is 0 Å². The van der Waals surface area contributed by atoms with Gasteiger partial charge in [0.05, 0.1) is 0 Å². The summed E-state index contributed by atoms with van der Waals surface area (Å²) >= 11 is 0. The van der Waals surface area contributed by atoms with E-state index in [9.17, 15) is 0 Å². The van der Waals surface area contributed by atoms with Crippen LogP contribution in [0.5, 0.6) is 0 Å². The molecule has 1 saturated carbocycles. The first kappa shape index (κ1) is 8.55. The molecular weight excluding hydrogens is 146 g/mol. The lowest BCUT2D eigenvalue weighted by Gasteiger charge is -2.48. The summed E-state index contributed by atoms with van der Waals surface area (Å²) in [5.74, 6) is 0. The summed E-state index contributed by atoms with van der Waals surface area (Å²) in [4.78, 5) is 0. The van der Waals surface area contributed by atoms with Crippen LogP contribution in [0.3, 0.4) is 0 Å². The topological polar surface area (TPSA) is 12.0 Å². The molecule has 1 saturated heterocycles. The van der Waals surface area contributed by atoms with Crippen LogP contribution in [0.4, 0.5) is 0 Å². The molecule has 0 amide bonds. The Morgan fingerprint density at radius 3 is 2.33 bits per heavy atom. The zero-order chi connectivity index (χ0) is 8.66. The summed E-state index contributed by atoms with van der Waals surface area (Å²) < 4.78 is 0. The lowest BCUT2D eigenvalue weighted by molar-refractivity contribution is 0.0347. The van der Waals surface area contributed by atoms with E-state index in [1.165, 1.54) is 45.2 Å². The lowest BCUT2D eigenvalue weighted by Crippen LogP contribution is -2.42. The van der Waals surface area contributed by atoms with Gasteiger partial charge in [-0.1, -0.05) is 26.7 Å². The Labute approximate surface area is 75.9 Å². The van der Waals surface area contributed by atoms with Crippen LogP contribution in [0.2, 0.25) is 0 Å². The molecule has 1 heterocycles. The van der Waals surface area contributed by atoms with Crippen LogP contribution in [0.1, 0.15) is 46.0 Å². The Hall–Kier alpha value is -0.0400. The number of hydrogen-bond donors (Lipinski definition) is 1. The molecule has 2 rings (SSSR count). The molecule has 2 aliphatic rings. The summed E-state index contributed by atoms with van der Waals surface area (Å²) in [5.41, 5.74) is 1.25. The van der Waals surface area contributed by atoms with E-state index in [-0.39, 0.29) is 0 Å². The first-order valence-electron chi connectivity index (χ1n) is 5.37. The Kier molecular flexibility index (Phi) is 1.95. The largest absolute Gasteiger partial charge is 0.316 e. The van der Waals surface area contributed by atoms with E-state index in [1.807, 2.05) is 0 Å². The minimum atomic E-state index is 0.592. The zero-order valence-corrected chi connectivity index (χ0v) is 8.45. The van der Waals surface area contributed by atoms with Crippen molar-refractivity contribution in [1.29, 1.82) is 0 Å². The molecule has 1 heteroatoms. The predicted molar refractivity (Wildman–Crippen MR) is 52.2 cm³/mol. The van der Waals surface area contributed by atoms with Gasteiger partial charge in [-0.2, -0.15) is 0 Å². The minimum Gasteiger partial charge on any atom is -0.316 e. The Morgan fingerprint density at radius 1 is 1.00 bits per heavy atom. The van der Waals surface area contributed by atoms with Crippen molar-refractivity contribution in [1.82, 2.24) is 5.32 Å². The van der Waals surface area contributed by atoms with Gasteiger partial charge in [-0.25, -0.2) is 0 Å². The molecule has 1 spiro atoms. The van der Waals surface area contributed by atoms with Gasteiger partial charge >= 0.3 is 0 Å². The molecule has 70 valence electrons. The predicted octanol–water partition coefficient (Wildman–Crippen LogP) is 2.57. The summed E-state index contributed by atoms with van der Waals surface area (Å²) in [6, 6.07) is 0. The first-order chi connectivity index (χ1) is 5.66. The standard InChI is InChI=1S/C11H21N/c1-10(2)5-3-4-6-11(10)7-8-12-9-11/h12H,3-9H2,1-2H3. The molecule has 1 aliphatic carbocycles. The SMILES string of the molecule is CC1(C)CCCCC12CCNC2. The van der Waals surface area contributed by atoms with Crippen LogP contribution in [0, 0.1) is 10.8 Å². The molecule has 12 heavy (non-hydrogen) atoms. The summed E-state index contributed by atoms with van der Waals surface area (Å²) in [5, 5.41) is 3.54. The average molecular weight is 167 g/mol. The molecule has 2 fully saturated rings. The second kappa shape index (κ2) is 2.73. The van der Waals surface area contributed by atoms with Gasteiger partial charge in [0.15, 0.2) is 0 Å². The van der Waals surface area contributed by atoms with Crippen LogP contribution in [0.15, 0.2) is 0 Å². The highest BCUT2D eigenvalue weighted by atomic mass is 14.9. The van der Waals surface area contributed by atoms with Crippen LogP contribution < -0.4 is 5.32 Å². The fourth-order valence-corrected chi connectivity index (χ4v) is 3.17. The fraction of sp³-hybridized carbons (Fsp3) is 1.00. The first-order valence-corrected chi connectivity index (χ1v) is 5.37. The van der Waals surface area contributed by atoms with Crippen molar-refractivity contribution in [3.05, 3.63) is 0 Å². The third-order valence-electron chi connectivity index (χ3n) is 4.39. The maximum atomic E-state index is 3.54. The van der Waals surface area contributed by atoms with Crippen molar-refractivity contribution in [2.75, 3.05) is 13.1 Å². The van der Waals surface area contributed by atoms with Gasteiger partial charge in [0.25, 0.3) is 0 Å². The molecule has 0 aromatic rings. The molecule has 1 N–H and O–H groups in total. The van der Waals surface area contributed by atoms with E-state index in [0.29, 0.717) is 10.8 Å². The summed E-state index contributed by atoms with van der Waals surface area (Å²) in [6.45, 7) is 7.47. The minimum absolute atomic E-state index is 0.592. The monoisotopic (exact) mass is 167 g/mol. The van der Waals surface area contributed by atoms with Gasteiger partial charge in [-0.15, -0.1) is 0 Å². The average Bonchev–Trinajstić information content (AvgIpc) is 2.46. The molecule has 1 nitrogen and oxygen atoms in total. The lowest BCUT2D eigenvalue weighted by atomic mass is 9.57. The van der Waals surface area contributed by atoms with E-state index in [2.05, 4.69) is 19.2 Å². The maximum Gasteiger partial charge on any atom is 0.00134 e. The second-order valence-electron chi connectivity index (χ2n) is 5.30. The smallest absolute Gasteiger partial charge is 0.00134 e. The van der Waals surface area contributed by atoms with Crippen molar-refractivity contribution < 1.29 is 0 Å². The summed E-state index contributed by atoms with van der Waals surface area (Å²) in [6.07, 6.45) is 7.24. The van der Waals surface area contributed by atoms with Gasteiger partial charge in [-0.05, 0) is 36.6 Å². The van der Waals surface area contributed by atoms with Gasteiger partial charge in [-0.3, -0.25) is 0 Å². The highest BCUT2D eigenvalue weighted by Crippen LogP contribution is 2.53. The van der Waals surface area contributed by atoms with Crippen molar-refractivity contribution in [3.63, 3.8) is 0 Å². The highest BCUT2D eigenvalue weighted by Gasteiger charge is 2.47. The molecule has 1 atom stereocenters. The van der Waals surface area contributed by atoms with Gasteiger partial charge in [0.2, 0.25) is 0 Å². The molecule has 0 aromatic heterocycles. The van der Waals surface area contributed by atoms with Crippen molar-refractivity contribution in [2.24, 2.45) is 10.8 Å². The van der Waals surface area contributed by atoms with E-state index >= 15 is 0 Å². The Morgan fingerprint density at radius 2 is 1.75 bits per heavy atom. The quantitative estimate of drug-likeness (QED) is 0.584. The van der Waals surface area contributed by atoms with Gasteiger partial charge in [0, 0.05) is 6.54 Å². The number of nitrogens with one attached hydrogen (secondary N) is 1. The van der Waals surface area contributed by atoms with E-state index < -0.39 is 0 Å². The van der Waals surface area contributed by atoms with Gasteiger partial charge in [0.1, 0.15) is 0 Å². The van der Waals surface area contributed by atoms with Crippen molar-refractivity contribution in [2.45, 2.75) is 46.0 Å². The van der Waals surface area contributed by atoms with E-state index in [0.717, 1.165) is 0 Å². The summed E-state index contributed by atoms with van der Waals surface area (Å²) in [7, 11) is 0. The van der Waals surface area contributed by atoms with Crippen LogP contribution in [0.25, 0.3) is 0 Å². The fourth-order valence-electron chi connectivity index (χ4n) is 3.17. The third-order valence-corrected chi connectivity index (χ3v) is 4.39. The maximum absolute atomic E-state index is 3.54. The van der Waals surface area contributed by atoms with Gasteiger partial charge < -0.3 is 5.32 Å². The normalized spacial score (nSPS) is 40.5. The highest BCUT2D eigenvalue weighted by molar-refractivity contribution is 5.00. The van der Waals surface area contributed by atoms with E-state index in [1.54, 1.807) is 0 Å². The molecule has 0 bridgehead atoms. The molecule has 1 unspecified atom stereocenters. The van der Waals surface area contributed by atoms with E-state index in [4.69, 9.17) is 0 Å². The second-order valence-corrected chi connectivity index (χ2v) is 5.30. The number of rotatable bonds is 0. The van der Waals surface area contributed by atoms with Crippen molar-refractivity contribution >= 4 is 0 Å². The van der Waals surface area contributed by atoms with Crippen LogP contribution in [-0.4, -0.2) is 13.1 Å². The van der Waals surface area contributed by atoms with Crippen LogP contribution >= 0.6 is 0 Å². The molecule has 0 aromatic carbocycles. The number of hydrogen-bond acceptors (Lipinski definition) is 1. The molecular formula is C11H21N. The molecule has 1 aliphatic heterocycles. The molecule has 0 radical (unpaired) electrons. The Balaban J connectivity index is 2.19. The van der Waals surface area contributed by atoms with Crippen LogP contribution in [-0.2, 0) is 0 Å². The Bertz CT molecular complexity index is 166. The zero-order valence-electron chi connectivity index (χ0n) is 8.45.